The molecule has 0 atom stereocenters. The quantitative estimate of drug-likeness (QED) is 0.516. The highest BCUT2D eigenvalue weighted by Gasteiger charge is 2.21. The predicted molar refractivity (Wildman–Crippen MR) is 120 cm³/mol. The Hall–Kier alpha value is -3.58. The molecule has 5 heterocycles. The summed E-state index contributed by atoms with van der Waals surface area (Å²) >= 11 is 6.10. The molecule has 2 aliphatic heterocycles. The van der Waals surface area contributed by atoms with E-state index in [0.717, 1.165) is 52.6 Å². The zero-order valence-corrected chi connectivity index (χ0v) is 17.1. The van der Waals surface area contributed by atoms with Gasteiger partial charge in [0, 0.05) is 41.0 Å². The van der Waals surface area contributed by atoms with Gasteiger partial charge in [-0.25, -0.2) is 14.4 Å². The second-order valence-corrected chi connectivity index (χ2v) is 7.87. The number of nitrogens with one attached hydrogen (secondary N) is 1. The average molecular weight is 431 g/mol. The summed E-state index contributed by atoms with van der Waals surface area (Å²) in [5.41, 5.74) is 4.89. The van der Waals surface area contributed by atoms with Crippen molar-refractivity contribution < 1.29 is 4.39 Å². The van der Waals surface area contributed by atoms with Crippen LogP contribution in [0.2, 0.25) is 5.02 Å². The molecule has 3 aromatic heterocycles. The maximum Gasteiger partial charge on any atom is 0.143 e. The molecule has 0 unspecified atom stereocenters. The average Bonchev–Trinajstić information content (AvgIpc) is 3.52. The Balaban J connectivity index is 1.42. The molecule has 0 saturated heterocycles. The Morgan fingerprint density at radius 3 is 2.90 bits per heavy atom. The molecule has 1 aromatic carbocycles. The number of anilines is 1. The summed E-state index contributed by atoms with van der Waals surface area (Å²) in [5, 5.41) is 3.77. The van der Waals surface area contributed by atoms with E-state index >= 15 is 0 Å². The van der Waals surface area contributed by atoms with Crippen molar-refractivity contribution >= 4 is 39.7 Å². The third-order valence-electron chi connectivity index (χ3n) is 5.55. The second kappa shape index (κ2) is 6.99. The standard InChI is InChI=1S/C23H16ClFN6/c24-14-1-2-17(25)16(10-14)22-15(5-6-27-22)18-3-4-19-20(30-18)9-13(11-28-19)23-29-12-21-26-7-8-31(21)23/h1-5,9-12,26H,6-8H2. The van der Waals surface area contributed by atoms with E-state index in [2.05, 4.69) is 24.8 Å². The molecule has 1 N–H and O–H groups in total. The van der Waals surface area contributed by atoms with Crippen LogP contribution >= 0.6 is 11.6 Å². The summed E-state index contributed by atoms with van der Waals surface area (Å²) in [6.45, 7) is 2.24. The van der Waals surface area contributed by atoms with Crippen LogP contribution in [0.5, 0.6) is 0 Å². The zero-order valence-electron chi connectivity index (χ0n) is 16.3. The molecule has 0 bridgehead atoms. The number of nitrogens with zero attached hydrogens (tertiary/aromatic N) is 5. The molecule has 4 aromatic rings. The Morgan fingerprint density at radius 2 is 1.97 bits per heavy atom. The highest BCUT2D eigenvalue weighted by Crippen LogP contribution is 2.30. The van der Waals surface area contributed by atoms with Crippen molar-refractivity contribution in [2.45, 2.75) is 6.54 Å². The summed E-state index contributed by atoms with van der Waals surface area (Å²) in [6, 6.07) is 10.3. The first-order chi connectivity index (χ1) is 15.2. The Kier molecular flexibility index (Phi) is 4.11. The topological polar surface area (TPSA) is 68.0 Å². The molecule has 31 heavy (non-hydrogen) atoms. The fourth-order valence-corrected chi connectivity index (χ4v) is 4.27. The van der Waals surface area contributed by atoms with Crippen LogP contribution in [-0.2, 0) is 6.54 Å². The third-order valence-corrected chi connectivity index (χ3v) is 5.79. The van der Waals surface area contributed by atoms with Crippen LogP contribution in [0.15, 0.2) is 59.9 Å². The smallest absolute Gasteiger partial charge is 0.143 e. The van der Waals surface area contributed by atoms with Crippen molar-refractivity contribution in [1.82, 2.24) is 19.5 Å². The summed E-state index contributed by atoms with van der Waals surface area (Å²) in [7, 11) is 0. The number of pyridine rings is 2. The van der Waals surface area contributed by atoms with Gasteiger partial charge in [-0.3, -0.25) is 9.98 Å². The summed E-state index contributed by atoms with van der Waals surface area (Å²) in [5.74, 6) is 1.52. The van der Waals surface area contributed by atoms with Crippen molar-refractivity contribution in [3.8, 4) is 11.4 Å². The molecule has 0 spiro atoms. The van der Waals surface area contributed by atoms with Crippen molar-refractivity contribution in [3.05, 3.63) is 77.0 Å². The van der Waals surface area contributed by atoms with E-state index < -0.39 is 0 Å². The fraction of sp³-hybridized carbons (Fsp3) is 0.130. The summed E-state index contributed by atoms with van der Waals surface area (Å²) < 4.78 is 16.6. The molecule has 0 fully saturated rings. The number of fused-ring (bicyclic) bond motifs is 2. The monoisotopic (exact) mass is 430 g/mol. The lowest BCUT2D eigenvalue weighted by molar-refractivity contribution is 0.625. The van der Waals surface area contributed by atoms with Crippen LogP contribution in [0.1, 0.15) is 11.3 Å². The Bertz CT molecular complexity index is 1420. The molecular formula is C23H16ClFN6. The molecule has 0 radical (unpaired) electrons. The van der Waals surface area contributed by atoms with E-state index in [0.29, 0.717) is 22.8 Å². The van der Waals surface area contributed by atoms with Gasteiger partial charge in [0.2, 0.25) is 0 Å². The number of hydrogen-bond donors (Lipinski definition) is 1. The van der Waals surface area contributed by atoms with Crippen LogP contribution in [0.25, 0.3) is 28.0 Å². The number of benzene rings is 1. The maximum absolute atomic E-state index is 14.5. The minimum atomic E-state index is -0.359. The van der Waals surface area contributed by atoms with Crippen molar-refractivity contribution in [2.75, 3.05) is 18.4 Å². The first-order valence-corrected chi connectivity index (χ1v) is 10.3. The summed E-state index contributed by atoms with van der Waals surface area (Å²) in [6.07, 6.45) is 5.61. The van der Waals surface area contributed by atoms with E-state index in [9.17, 15) is 4.39 Å². The largest absolute Gasteiger partial charge is 0.368 e. The number of aliphatic imine (C=N–C) groups is 1. The van der Waals surface area contributed by atoms with E-state index in [1.807, 2.05) is 36.7 Å². The van der Waals surface area contributed by atoms with Crippen molar-refractivity contribution in [1.29, 1.82) is 0 Å². The molecule has 6 rings (SSSR count). The first-order valence-electron chi connectivity index (χ1n) is 9.95. The summed E-state index contributed by atoms with van der Waals surface area (Å²) in [4.78, 5) is 18.4. The van der Waals surface area contributed by atoms with Crippen LogP contribution in [0, 0.1) is 5.82 Å². The van der Waals surface area contributed by atoms with Crippen LogP contribution in [-0.4, -0.2) is 38.3 Å². The molecule has 2 aliphatic rings. The fourth-order valence-electron chi connectivity index (χ4n) is 4.09. The van der Waals surface area contributed by atoms with Gasteiger partial charge < -0.3 is 9.88 Å². The number of allylic oxidation sites excluding steroid dienone is 1. The maximum atomic E-state index is 14.5. The third kappa shape index (κ3) is 3.00. The predicted octanol–water partition coefficient (Wildman–Crippen LogP) is 4.60. The van der Waals surface area contributed by atoms with Gasteiger partial charge in [0.1, 0.15) is 17.5 Å². The first kappa shape index (κ1) is 18.2. The highest BCUT2D eigenvalue weighted by molar-refractivity contribution is 6.35. The number of halogens is 2. The van der Waals surface area contributed by atoms with Crippen LogP contribution in [0.3, 0.4) is 0 Å². The number of imidazole rings is 1. The lowest BCUT2D eigenvalue weighted by Crippen LogP contribution is -2.06. The lowest BCUT2D eigenvalue weighted by atomic mass is 9.99. The van der Waals surface area contributed by atoms with Gasteiger partial charge >= 0.3 is 0 Å². The van der Waals surface area contributed by atoms with E-state index in [-0.39, 0.29) is 5.82 Å². The van der Waals surface area contributed by atoms with Gasteiger partial charge in [0.25, 0.3) is 0 Å². The molecule has 0 aliphatic carbocycles. The van der Waals surface area contributed by atoms with Gasteiger partial charge in [-0.15, -0.1) is 0 Å². The van der Waals surface area contributed by atoms with Gasteiger partial charge in [-0.05, 0) is 36.4 Å². The van der Waals surface area contributed by atoms with Gasteiger partial charge in [0.05, 0.1) is 35.2 Å². The second-order valence-electron chi connectivity index (χ2n) is 7.44. The molecule has 6 nitrogen and oxygen atoms in total. The zero-order chi connectivity index (χ0) is 20.9. The minimum Gasteiger partial charge on any atom is -0.368 e. The highest BCUT2D eigenvalue weighted by atomic mass is 35.5. The normalized spacial score (nSPS) is 15.0. The van der Waals surface area contributed by atoms with Crippen LogP contribution in [0.4, 0.5) is 10.2 Å². The van der Waals surface area contributed by atoms with Gasteiger partial charge in [-0.2, -0.15) is 0 Å². The van der Waals surface area contributed by atoms with Gasteiger partial charge in [0.15, 0.2) is 0 Å². The number of rotatable bonds is 3. The molecule has 8 heteroatoms. The van der Waals surface area contributed by atoms with Crippen molar-refractivity contribution in [2.24, 2.45) is 4.99 Å². The Labute approximate surface area is 182 Å². The number of aromatic nitrogens is 4. The van der Waals surface area contributed by atoms with Crippen molar-refractivity contribution in [3.63, 3.8) is 0 Å². The molecule has 0 amide bonds. The van der Waals surface area contributed by atoms with E-state index in [1.165, 1.54) is 12.1 Å². The Morgan fingerprint density at radius 1 is 1.03 bits per heavy atom. The SMILES string of the molecule is Fc1ccc(Cl)cc1C1=NCC=C1c1ccc2ncc(-c3ncc4n3CCN4)cc2n1. The molecule has 0 saturated carbocycles. The van der Waals surface area contributed by atoms with E-state index in [1.54, 1.807) is 6.07 Å². The van der Waals surface area contributed by atoms with Crippen LogP contribution < -0.4 is 5.32 Å². The van der Waals surface area contributed by atoms with E-state index in [4.69, 9.17) is 16.6 Å². The lowest BCUT2D eigenvalue weighted by Gasteiger charge is -2.10. The van der Waals surface area contributed by atoms with Gasteiger partial charge in [-0.1, -0.05) is 17.7 Å². The number of hydrogen-bond acceptors (Lipinski definition) is 5. The molecular weight excluding hydrogens is 415 g/mol. The minimum absolute atomic E-state index is 0.359. The molecule has 152 valence electrons.